The number of aromatic nitrogens is 3. The molecule has 0 aliphatic heterocycles. The predicted octanol–water partition coefficient (Wildman–Crippen LogP) is 6.86. The van der Waals surface area contributed by atoms with Crippen molar-refractivity contribution in [3.05, 3.63) is 77.4 Å². The topological polar surface area (TPSA) is 50.7 Å². The minimum Gasteiger partial charge on any atom is -0.369 e. The fourth-order valence-corrected chi connectivity index (χ4v) is 4.23. The van der Waals surface area contributed by atoms with Crippen LogP contribution in [0.15, 0.2) is 66.3 Å². The van der Waals surface area contributed by atoms with Crippen LogP contribution < -0.4 is 5.32 Å². The predicted molar refractivity (Wildman–Crippen MR) is 132 cm³/mol. The van der Waals surface area contributed by atoms with E-state index in [0.717, 1.165) is 52.4 Å². The van der Waals surface area contributed by atoms with E-state index >= 15 is 0 Å². The maximum Gasteiger partial charge on any atom is 0.162 e. The molecule has 5 heteroatoms. The van der Waals surface area contributed by atoms with Gasteiger partial charge in [0.05, 0.1) is 10.2 Å². The van der Waals surface area contributed by atoms with Gasteiger partial charge in [0.2, 0.25) is 0 Å². The Kier molecular flexibility index (Phi) is 6.42. The zero-order chi connectivity index (χ0) is 21.7. The molecular weight excluding hydrogens is 400 g/mol. The average molecular weight is 429 g/mol. The van der Waals surface area contributed by atoms with Crippen molar-refractivity contribution in [1.29, 1.82) is 0 Å². The number of benzene rings is 1. The van der Waals surface area contributed by atoms with Crippen LogP contribution in [0.4, 0.5) is 5.82 Å². The van der Waals surface area contributed by atoms with E-state index < -0.39 is 0 Å². The summed E-state index contributed by atoms with van der Waals surface area (Å²) in [5, 5.41) is 5.75. The third-order valence-corrected chi connectivity index (χ3v) is 5.92. The second kappa shape index (κ2) is 9.40. The number of hydrogen-bond acceptors (Lipinski definition) is 5. The van der Waals surface area contributed by atoms with Gasteiger partial charge in [-0.15, -0.1) is 11.3 Å². The van der Waals surface area contributed by atoms with Gasteiger partial charge in [-0.2, -0.15) is 0 Å². The molecule has 3 aromatic heterocycles. The molecule has 0 bridgehead atoms. The summed E-state index contributed by atoms with van der Waals surface area (Å²) in [6.45, 7) is 7.47. The molecule has 0 aliphatic rings. The molecule has 0 amide bonds. The Bertz CT molecular complexity index is 1160. The number of aryl methyl sites for hydroxylation is 1. The van der Waals surface area contributed by atoms with Gasteiger partial charge in [-0.25, -0.2) is 9.97 Å². The fourth-order valence-electron chi connectivity index (χ4n) is 3.29. The van der Waals surface area contributed by atoms with Gasteiger partial charge in [0.1, 0.15) is 5.82 Å². The molecule has 4 rings (SSSR count). The van der Waals surface area contributed by atoms with Gasteiger partial charge < -0.3 is 5.32 Å². The number of anilines is 1. The first-order valence-corrected chi connectivity index (χ1v) is 11.5. The largest absolute Gasteiger partial charge is 0.369 e. The van der Waals surface area contributed by atoms with E-state index in [9.17, 15) is 0 Å². The molecule has 0 radical (unpaired) electrons. The zero-order valence-corrected chi connectivity index (χ0v) is 19.1. The Balaban J connectivity index is 1.63. The smallest absolute Gasteiger partial charge is 0.162 e. The normalized spacial score (nSPS) is 12.0. The summed E-state index contributed by atoms with van der Waals surface area (Å²) in [4.78, 5) is 13.9. The molecule has 0 saturated carbocycles. The van der Waals surface area contributed by atoms with Crippen LogP contribution in [-0.4, -0.2) is 21.5 Å². The Labute approximate surface area is 188 Å². The molecule has 0 unspecified atom stereocenters. The van der Waals surface area contributed by atoms with Gasteiger partial charge in [-0.3, -0.25) is 4.98 Å². The van der Waals surface area contributed by atoms with E-state index in [2.05, 4.69) is 78.9 Å². The molecular formula is C26H28N4S. The number of nitrogens with zero attached hydrogens (tertiary/aromatic N) is 3. The molecule has 4 aromatic rings. The third kappa shape index (κ3) is 5.56. The van der Waals surface area contributed by atoms with Crippen LogP contribution in [-0.2, 0) is 6.42 Å². The van der Waals surface area contributed by atoms with Crippen LogP contribution in [0.25, 0.3) is 27.7 Å². The van der Waals surface area contributed by atoms with E-state index in [-0.39, 0.29) is 5.41 Å². The fraction of sp³-hybridized carbons (Fsp3) is 0.269. The summed E-state index contributed by atoms with van der Waals surface area (Å²) in [7, 11) is 0. The maximum atomic E-state index is 4.92. The Morgan fingerprint density at radius 3 is 2.52 bits per heavy atom. The van der Waals surface area contributed by atoms with Gasteiger partial charge >= 0.3 is 0 Å². The zero-order valence-electron chi connectivity index (χ0n) is 18.3. The van der Waals surface area contributed by atoms with Gasteiger partial charge in [0.25, 0.3) is 0 Å². The molecule has 1 aromatic carbocycles. The first-order chi connectivity index (χ1) is 15.0. The SMILES string of the molecule is CC(C)(C)/C=C/c1csc2c(NCCCc3ccccc3)nc(-c3ccncc3)nc12. The summed E-state index contributed by atoms with van der Waals surface area (Å²) in [6.07, 6.45) is 10.1. The quantitative estimate of drug-likeness (QED) is 0.327. The standard InChI is InChI=1S/C26H28N4S/c1-26(2,3)14-11-21-18-31-23-22(21)29-24(20-12-16-27-17-13-20)30-25(23)28-15-7-10-19-8-5-4-6-9-19/h4-6,8-9,11-14,16-18H,7,10,15H2,1-3H3,(H,28,29,30)/b14-11+. The van der Waals surface area contributed by atoms with Gasteiger partial charge in [-0.05, 0) is 36.0 Å². The average Bonchev–Trinajstić information content (AvgIpc) is 3.19. The van der Waals surface area contributed by atoms with Gasteiger partial charge in [0, 0.05) is 35.4 Å². The monoisotopic (exact) mass is 428 g/mol. The highest BCUT2D eigenvalue weighted by molar-refractivity contribution is 7.18. The molecule has 0 aliphatic carbocycles. The lowest BCUT2D eigenvalue weighted by Crippen LogP contribution is -2.06. The van der Waals surface area contributed by atoms with E-state index in [0.29, 0.717) is 0 Å². The molecule has 1 N–H and O–H groups in total. The first-order valence-electron chi connectivity index (χ1n) is 10.7. The number of rotatable bonds is 7. The molecule has 4 nitrogen and oxygen atoms in total. The van der Waals surface area contributed by atoms with Crippen molar-refractivity contribution in [2.24, 2.45) is 5.41 Å². The highest BCUT2D eigenvalue weighted by Gasteiger charge is 2.14. The van der Waals surface area contributed by atoms with Crippen molar-refractivity contribution < 1.29 is 0 Å². The van der Waals surface area contributed by atoms with Crippen LogP contribution >= 0.6 is 11.3 Å². The number of hydrogen-bond donors (Lipinski definition) is 1. The van der Waals surface area contributed by atoms with Gasteiger partial charge in [0.15, 0.2) is 5.82 Å². The van der Waals surface area contributed by atoms with Gasteiger partial charge in [-0.1, -0.05) is 63.3 Å². The van der Waals surface area contributed by atoms with Crippen LogP contribution in [0, 0.1) is 5.41 Å². The number of fused-ring (bicyclic) bond motifs is 1. The minimum atomic E-state index is 0.119. The lowest BCUT2D eigenvalue weighted by molar-refractivity contribution is 0.547. The van der Waals surface area contributed by atoms with Crippen molar-refractivity contribution >= 4 is 33.4 Å². The van der Waals surface area contributed by atoms with Crippen LogP contribution in [0.3, 0.4) is 0 Å². The van der Waals surface area contributed by atoms with E-state index in [1.54, 1.807) is 23.7 Å². The first kappa shape index (κ1) is 21.2. The number of thiophene rings is 1. The Morgan fingerprint density at radius 1 is 1.00 bits per heavy atom. The summed E-state index contributed by atoms with van der Waals surface area (Å²) in [5.74, 6) is 1.63. The highest BCUT2D eigenvalue weighted by atomic mass is 32.1. The van der Waals surface area contributed by atoms with Crippen molar-refractivity contribution in [2.75, 3.05) is 11.9 Å². The number of allylic oxidation sites excluding steroid dienone is 1. The van der Waals surface area contributed by atoms with Crippen molar-refractivity contribution in [1.82, 2.24) is 15.0 Å². The molecule has 0 spiro atoms. The van der Waals surface area contributed by atoms with Crippen molar-refractivity contribution in [2.45, 2.75) is 33.6 Å². The highest BCUT2D eigenvalue weighted by Crippen LogP contribution is 2.33. The molecule has 3 heterocycles. The summed E-state index contributed by atoms with van der Waals surface area (Å²) < 4.78 is 1.10. The molecule has 31 heavy (non-hydrogen) atoms. The summed E-state index contributed by atoms with van der Waals surface area (Å²) in [6, 6.07) is 14.5. The van der Waals surface area contributed by atoms with E-state index in [1.165, 1.54) is 5.56 Å². The molecule has 0 fully saturated rings. The Hall–Kier alpha value is -3.05. The van der Waals surface area contributed by atoms with Crippen LogP contribution in [0.1, 0.15) is 38.3 Å². The molecule has 158 valence electrons. The minimum absolute atomic E-state index is 0.119. The second-order valence-electron chi connectivity index (χ2n) is 8.72. The van der Waals surface area contributed by atoms with E-state index in [1.807, 2.05) is 12.1 Å². The summed E-state index contributed by atoms with van der Waals surface area (Å²) >= 11 is 1.70. The summed E-state index contributed by atoms with van der Waals surface area (Å²) in [5.41, 5.74) is 4.59. The van der Waals surface area contributed by atoms with Crippen LogP contribution in [0.5, 0.6) is 0 Å². The number of pyridine rings is 1. The lowest BCUT2D eigenvalue weighted by Gasteiger charge is -2.11. The third-order valence-electron chi connectivity index (χ3n) is 4.92. The lowest BCUT2D eigenvalue weighted by atomic mass is 9.95. The van der Waals surface area contributed by atoms with E-state index in [4.69, 9.17) is 9.97 Å². The molecule has 0 atom stereocenters. The van der Waals surface area contributed by atoms with Crippen molar-refractivity contribution in [3.63, 3.8) is 0 Å². The molecule has 0 saturated heterocycles. The second-order valence-corrected chi connectivity index (χ2v) is 9.60. The number of nitrogens with one attached hydrogen (secondary N) is 1. The van der Waals surface area contributed by atoms with Crippen LogP contribution in [0.2, 0.25) is 0 Å². The van der Waals surface area contributed by atoms with Crippen molar-refractivity contribution in [3.8, 4) is 11.4 Å². The Morgan fingerprint density at radius 2 is 1.77 bits per heavy atom. The maximum absolute atomic E-state index is 4.92.